The fourth-order valence-electron chi connectivity index (χ4n) is 3.17. The molecule has 0 bridgehead atoms. The van der Waals surface area contributed by atoms with Gasteiger partial charge in [0, 0.05) is 40.5 Å². The van der Waals surface area contributed by atoms with Gasteiger partial charge in [0.1, 0.15) is 12.4 Å². The van der Waals surface area contributed by atoms with E-state index in [0.717, 1.165) is 63.9 Å². The lowest BCUT2D eigenvalue weighted by molar-refractivity contribution is -0.0320. The lowest BCUT2D eigenvalue weighted by Crippen LogP contribution is -2.41. The molecule has 1 fully saturated rings. The molecule has 160 valence electrons. The molecule has 0 aromatic heterocycles. The molecule has 0 amide bonds. The Balaban J connectivity index is 0.00000392. The van der Waals surface area contributed by atoms with Crippen molar-refractivity contribution >= 4 is 29.9 Å². The van der Waals surface area contributed by atoms with Crippen molar-refractivity contribution in [2.24, 2.45) is 4.99 Å². The van der Waals surface area contributed by atoms with Crippen molar-refractivity contribution in [3.8, 4) is 5.75 Å². The summed E-state index contributed by atoms with van der Waals surface area (Å²) < 4.78 is 17.1. The highest BCUT2D eigenvalue weighted by atomic mass is 127. The van der Waals surface area contributed by atoms with Crippen LogP contribution in [0.15, 0.2) is 23.2 Å². The Morgan fingerprint density at radius 2 is 1.86 bits per heavy atom. The van der Waals surface area contributed by atoms with Gasteiger partial charge in [0.05, 0.1) is 12.6 Å². The van der Waals surface area contributed by atoms with Gasteiger partial charge in [-0.1, -0.05) is 6.07 Å². The first-order valence-corrected chi connectivity index (χ1v) is 9.90. The summed E-state index contributed by atoms with van der Waals surface area (Å²) in [4.78, 5) is 6.43. The highest BCUT2D eigenvalue weighted by Crippen LogP contribution is 2.16. The van der Waals surface area contributed by atoms with Crippen LogP contribution in [0.5, 0.6) is 5.75 Å². The van der Waals surface area contributed by atoms with E-state index in [0.29, 0.717) is 12.7 Å². The molecule has 0 atom stereocenters. The number of hydrogen-bond acceptors (Lipinski definition) is 4. The first kappa shape index (κ1) is 25.0. The molecule has 1 aromatic rings. The van der Waals surface area contributed by atoms with Crippen LogP contribution in [0, 0.1) is 13.8 Å². The highest BCUT2D eigenvalue weighted by Gasteiger charge is 2.13. The molecule has 7 heteroatoms. The van der Waals surface area contributed by atoms with Crippen molar-refractivity contribution in [3.05, 3.63) is 29.3 Å². The monoisotopic (exact) mass is 505 g/mol. The Hall–Kier alpha value is -1.06. The second-order valence-electron chi connectivity index (χ2n) is 7.10. The molecule has 1 aliphatic rings. The molecule has 1 aromatic carbocycles. The highest BCUT2D eigenvalue weighted by molar-refractivity contribution is 14.0. The second kappa shape index (κ2) is 14.0. The molecule has 0 radical (unpaired) electrons. The zero-order valence-corrected chi connectivity index (χ0v) is 20.0. The molecule has 28 heavy (non-hydrogen) atoms. The van der Waals surface area contributed by atoms with E-state index in [1.165, 1.54) is 11.1 Å². The summed E-state index contributed by atoms with van der Waals surface area (Å²) in [7, 11) is 3.83. The third-order valence-corrected chi connectivity index (χ3v) is 4.59. The molecular weight excluding hydrogens is 469 g/mol. The van der Waals surface area contributed by atoms with Gasteiger partial charge in [-0.3, -0.25) is 4.99 Å². The van der Waals surface area contributed by atoms with E-state index in [9.17, 15) is 0 Å². The van der Waals surface area contributed by atoms with Crippen LogP contribution >= 0.6 is 24.0 Å². The van der Waals surface area contributed by atoms with Crippen LogP contribution in [0.1, 0.15) is 30.4 Å². The molecule has 0 saturated carbocycles. The van der Waals surface area contributed by atoms with Gasteiger partial charge in [-0.15, -0.1) is 24.0 Å². The summed E-state index contributed by atoms with van der Waals surface area (Å²) in [5.74, 6) is 1.80. The first-order chi connectivity index (χ1) is 13.1. The lowest BCUT2D eigenvalue weighted by Gasteiger charge is -2.23. The van der Waals surface area contributed by atoms with Crippen molar-refractivity contribution in [1.82, 2.24) is 10.2 Å². The minimum Gasteiger partial charge on any atom is -0.492 e. The Morgan fingerprint density at radius 1 is 1.18 bits per heavy atom. The number of nitrogens with one attached hydrogen (secondary N) is 1. The fourth-order valence-corrected chi connectivity index (χ4v) is 3.17. The average Bonchev–Trinajstić information content (AvgIpc) is 2.64. The maximum absolute atomic E-state index is 5.90. The maximum Gasteiger partial charge on any atom is 0.193 e. The number of halogens is 1. The van der Waals surface area contributed by atoms with Crippen LogP contribution in [0.3, 0.4) is 0 Å². The van der Waals surface area contributed by atoms with Crippen molar-refractivity contribution in [1.29, 1.82) is 0 Å². The number of guanidine groups is 1. The number of hydrogen-bond donors (Lipinski definition) is 1. The summed E-state index contributed by atoms with van der Waals surface area (Å²) in [5, 5.41) is 3.39. The molecule has 6 nitrogen and oxygen atoms in total. The van der Waals surface area contributed by atoms with Crippen LogP contribution < -0.4 is 10.1 Å². The van der Waals surface area contributed by atoms with Gasteiger partial charge in [-0.2, -0.15) is 0 Å². The van der Waals surface area contributed by atoms with Crippen molar-refractivity contribution in [3.63, 3.8) is 0 Å². The number of aliphatic imine (C=N–C) groups is 1. The smallest absolute Gasteiger partial charge is 0.193 e. The SMILES string of the molecule is CN=C(NCCCOC1CCOCC1)N(C)CCOc1cc(C)cc(C)c1.I. The molecule has 1 heterocycles. The molecular formula is C21H36IN3O3. The first-order valence-electron chi connectivity index (χ1n) is 9.90. The maximum atomic E-state index is 5.90. The van der Waals surface area contributed by atoms with Crippen molar-refractivity contribution < 1.29 is 14.2 Å². The quantitative estimate of drug-likeness (QED) is 0.241. The third-order valence-electron chi connectivity index (χ3n) is 4.59. The van der Waals surface area contributed by atoms with Gasteiger partial charge >= 0.3 is 0 Å². The van der Waals surface area contributed by atoms with E-state index >= 15 is 0 Å². The van der Waals surface area contributed by atoms with Gasteiger partial charge in [-0.05, 0) is 56.4 Å². The molecule has 0 unspecified atom stereocenters. The van der Waals surface area contributed by atoms with E-state index < -0.39 is 0 Å². The summed E-state index contributed by atoms with van der Waals surface area (Å²) in [5.41, 5.74) is 2.44. The summed E-state index contributed by atoms with van der Waals surface area (Å²) in [6.07, 6.45) is 3.35. The lowest BCUT2D eigenvalue weighted by atomic mass is 10.1. The molecule has 2 rings (SSSR count). The Kier molecular flexibility index (Phi) is 12.5. The fraction of sp³-hybridized carbons (Fsp3) is 0.667. The Labute approximate surface area is 187 Å². The number of ether oxygens (including phenoxy) is 3. The van der Waals surface area contributed by atoms with Crippen LogP contribution in [-0.4, -0.2) is 70.6 Å². The zero-order valence-electron chi connectivity index (χ0n) is 17.7. The molecule has 0 aliphatic carbocycles. The molecule has 1 saturated heterocycles. The number of aryl methyl sites for hydroxylation is 2. The van der Waals surface area contributed by atoms with Gasteiger partial charge < -0.3 is 24.4 Å². The van der Waals surface area contributed by atoms with E-state index in [1.807, 2.05) is 14.1 Å². The van der Waals surface area contributed by atoms with E-state index in [-0.39, 0.29) is 24.0 Å². The summed E-state index contributed by atoms with van der Waals surface area (Å²) in [6, 6.07) is 6.29. The van der Waals surface area contributed by atoms with Crippen LogP contribution in [0.4, 0.5) is 0 Å². The van der Waals surface area contributed by atoms with E-state index in [2.05, 4.69) is 47.3 Å². The van der Waals surface area contributed by atoms with Crippen LogP contribution in [0.2, 0.25) is 0 Å². The number of nitrogens with zero attached hydrogens (tertiary/aromatic N) is 2. The number of benzene rings is 1. The Morgan fingerprint density at radius 3 is 2.50 bits per heavy atom. The normalized spacial score (nSPS) is 15.1. The number of rotatable bonds is 9. The summed E-state index contributed by atoms with van der Waals surface area (Å²) >= 11 is 0. The summed E-state index contributed by atoms with van der Waals surface area (Å²) in [6.45, 7) is 8.83. The predicted octanol–water partition coefficient (Wildman–Crippen LogP) is 3.39. The Bertz CT molecular complexity index is 572. The minimum absolute atomic E-state index is 0. The zero-order chi connectivity index (χ0) is 19.5. The van der Waals surface area contributed by atoms with E-state index in [1.54, 1.807) is 0 Å². The standard InChI is InChI=1S/C21H35N3O3.HI/c1-17-14-18(2)16-20(15-17)27-13-9-24(4)21(22-3)23-8-5-10-26-19-6-11-25-12-7-19;/h14-16,19H,5-13H2,1-4H3,(H,22,23);1H. The van der Waals surface area contributed by atoms with Gasteiger partial charge in [-0.25, -0.2) is 0 Å². The molecule has 0 spiro atoms. The second-order valence-corrected chi connectivity index (χ2v) is 7.10. The van der Waals surface area contributed by atoms with Crippen LogP contribution in [0.25, 0.3) is 0 Å². The van der Waals surface area contributed by atoms with Crippen molar-refractivity contribution in [2.75, 3.05) is 53.6 Å². The van der Waals surface area contributed by atoms with E-state index in [4.69, 9.17) is 14.2 Å². The van der Waals surface area contributed by atoms with Gasteiger partial charge in [0.25, 0.3) is 0 Å². The van der Waals surface area contributed by atoms with Crippen molar-refractivity contribution in [2.45, 2.75) is 39.2 Å². The largest absolute Gasteiger partial charge is 0.492 e. The van der Waals surface area contributed by atoms with Gasteiger partial charge in [0.2, 0.25) is 0 Å². The number of likely N-dealkylation sites (N-methyl/N-ethyl adjacent to an activating group) is 1. The van der Waals surface area contributed by atoms with Crippen LogP contribution in [-0.2, 0) is 9.47 Å². The minimum atomic E-state index is 0. The third kappa shape index (κ3) is 9.43. The van der Waals surface area contributed by atoms with Gasteiger partial charge in [0.15, 0.2) is 5.96 Å². The molecule has 1 aliphatic heterocycles. The predicted molar refractivity (Wildman–Crippen MR) is 125 cm³/mol. The topological polar surface area (TPSA) is 55.3 Å². The molecule has 1 N–H and O–H groups in total. The average molecular weight is 505 g/mol.